The SMILES string of the molecule is CCOC(=O)C1=C(c2ccccc2)N=C2SC=C(CC(=O)NC[C@H]3CCCO3)N2[C@@H]1c1cc(OC)cc(OC)c1. The number of methoxy groups -OCH3 is 2. The Morgan fingerprint density at radius 3 is 2.52 bits per heavy atom. The number of nitrogens with one attached hydrogen (secondary N) is 1. The maximum Gasteiger partial charge on any atom is 0.338 e. The van der Waals surface area contributed by atoms with Crippen LogP contribution < -0.4 is 14.8 Å². The average Bonchev–Trinajstić information content (AvgIpc) is 3.65. The van der Waals surface area contributed by atoms with Gasteiger partial charge in [-0.25, -0.2) is 9.79 Å². The first-order valence-electron chi connectivity index (χ1n) is 13.3. The van der Waals surface area contributed by atoms with Crippen LogP contribution in [-0.2, 0) is 19.1 Å². The zero-order chi connectivity index (χ0) is 28.1. The van der Waals surface area contributed by atoms with Crippen LogP contribution in [0.3, 0.4) is 0 Å². The molecule has 2 atom stereocenters. The Bertz CT molecular complexity index is 1330. The molecule has 210 valence electrons. The maximum atomic E-state index is 13.7. The summed E-state index contributed by atoms with van der Waals surface area (Å²) in [5.41, 5.74) is 3.17. The summed E-state index contributed by atoms with van der Waals surface area (Å²) in [6, 6.07) is 14.5. The minimum absolute atomic E-state index is 0.0479. The van der Waals surface area contributed by atoms with Crippen molar-refractivity contribution in [3.63, 3.8) is 0 Å². The molecule has 1 amide bonds. The molecule has 1 N–H and O–H groups in total. The van der Waals surface area contributed by atoms with E-state index >= 15 is 0 Å². The Hall–Kier alpha value is -3.76. The molecule has 2 aromatic rings. The van der Waals surface area contributed by atoms with Crippen molar-refractivity contribution < 1.29 is 28.5 Å². The lowest BCUT2D eigenvalue weighted by Gasteiger charge is -2.37. The highest BCUT2D eigenvalue weighted by atomic mass is 32.2. The molecule has 1 fully saturated rings. The number of thioether (sulfide) groups is 1. The molecule has 0 unspecified atom stereocenters. The number of carbonyl (C=O) groups is 2. The summed E-state index contributed by atoms with van der Waals surface area (Å²) in [6.07, 6.45) is 2.12. The second-order valence-corrected chi connectivity index (χ2v) is 10.3. The largest absolute Gasteiger partial charge is 0.497 e. The van der Waals surface area contributed by atoms with Gasteiger partial charge in [-0.05, 0) is 42.9 Å². The van der Waals surface area contributed by atoms with Crippen molar-refractivity contribution in [1.29, 1.82) is 0 Å². The van der Waals surface area contributed by atoms with E-state index in [1.807, 2.05) is 52.8 Å². The number of amidine groups is 1. The van der Waals surface area contributed by atoms with E-state index in [9.17, 15) is 9.59 Å². The Kier molecular flexibility index (Phi) is 8.76. The average molecular weight is 564 g/mol. The third kappa shape index (κ3) is 5.88. The molecule has 2 aromatic carbocycles. The third-order valence-electron chi connectivity index (χ3n) is 6.93. The minimum atomic E-state index is -0.641. The summed E-state index contributed by atoms with van der Waals surface area (Å²) >= 11 is 1.42. The van der Waals surface area contributed by atoms with E-state index in [-0.39, 0.29) is 25.0 Å². The Balaban J connectivity index is 1.58. The highest BCUT2D eigenvalue weighted by Crippen LogP contribution is 2.48. The van der Waals surface area contributed by atoms with Gasteiger partial charge < -0.3 is 29.2 Å². The number of nitrogens with zero attached hydrogens (tertiary/aromatic N) is 2. The standard InChI is InChI=1S/C30H33N3O6S/c1-4-38-29(35)26-27(19-9-6-5-7-10-19)32-30-33(28(26)20-13-23(36-2)16-24(14-20)37-3)21(18-40-30)15-25(34)31-17-22-11-8-12-39-22/h5-7,9-10,13-14,16,18,22,28H,4,8,11-12,15,17H2,1-3H3,(H,31,34)/t22-,28-/m1/s1. The van der Waals surface area contributed by atoms with E-state index in [1.165, 1.54) is 11.8 Å². The highest BCUT2D eigenvalue weighted by Gasteiger charge is 2.42. The van der Waals surface area contributed by atoms with E-state index < -0.39 is 12.0 Å². The number of aliphatic imine (C=N–C) groups is 1. The van der Waals surface area contributed by atoms with Crippen LogP contribution in [0.5, 0.6) is 11.5 Å². The van der Waals surface area contributed by atoms with Gasteiger partial charge in [-0.3, -0.25) is 4.79 Å². The summed E-state index contributed by atoms with van der Waals surface area (Å²) in [4.78, 5) is 33.6. The van der Waals surface area contributed by atoms with Gasteiger partial charge >= 0.3 is 5.97 Å². The van der Waals surface area contributed by atoms with Crippen molar-refractivity contribution in [2.24, 2.45) is 4.99 Å². The van der Waals surface area contributed by atoms with Gasteiger partial charge in [0, 0.05) is 30.5 Å². The number of amides is 1. The van der Waals surface area contributed by atoms with Gasteiger partial charge in [0.05, 0.1) is 50.7 Å². The number of ether oxygens (including phenoxy) is 4. The number of benzene rings is 2. The summed E-state index contributed by atoms with van der Waals surface area (Å²) in [5, 5.41) is 5.59. The van der Waals surface area contributed by atoms with Gasteiger partial charge in [-0.2, -0.15) is 0 Å². The molecule has 10 heteroatoms. The molecule has 3 aliphatic rings. The van der Waals surface area contributed by atoms with Crippen molar-refractivity contribution in [2.75, 3.05) is 34.0 Å². The van der Waals surface area contributed by atoms with Crippen LogP contribution in [0.2, 0.25) is 0 Å². The van der Waals surface area contributed by atoms with E-state index in [2.05, 4.69) is 5.32 Å². The zero-order valence-electron chi connectivity index (χ0n) is 22.8. The fourth-order valence-electron chi connectivity index (χ4n) is 5.05. The molecule has 0 aromatic heterocycles. The first-order chi connectivity index (χ1) is 19.5. The topological polar surface area (TPSA) is 98.7 Å². The van der Waals surface area contributed by atoms with Crippen LogP contribution in [0.1, 0.15) is 43.4 Å². The van der Waals surface area contributed by atoms with E-state index in [0.29, 0.717) is 34.5 Å². The van der Waals surface area contributed by atoms with Crippen molar-refractivity contribution in [3.05, 3.63) is 76.3 Å². The van der Waals surface area contributed by atoms with Gasteiger partial charge in [0.1, 0.15) is 11.5 Å². The Morgan fingerprint density at radius 2 is 1.88 bits per heavy atom. The molecule has 0 bridgehead atoms. The lowest BCUT2D eigenvalue weighted by atomic mass is 9.91. The molecule has 3 aliphatic heterocycles. The number of hydrogen-bond donors (Lipinski definition) is 1. The van der Waals surface area contributed by atoms with Crippen LogP contribution >= 0.6 is 11.8 Å². The summed E-state index contributed by atoms with van der Waals surface area (Å²) < 4.78 is 22.4. The van der Waals surface area contributed by atoms with E-state index in [0.717, 1.165) is 36.3 Å². The molecular weight excluding hydrogens is 530 g/mol. The van der Waals surface area contributed by atoms with Gasteiger partial charge in [0.15, 0.2) is 5.17 Å². The monoisotopic (exact) mass is 563 g/mol. The molecule has 0 radical (unpaired) electrons. The fraction of sp³-hybridized carbons (Fsp3) is 0.367. The Labute approximate surface area is 238 Å². The number of fused-ring (bicyclic) bond motifs is 1. The van der Waals surface area contributed by atoms with Crippen molar-refractivity contribution >= 4 is 34.5 Å². The Morgan fingerprint density at radius 1 is 1.12 bits per heavy atom. The number of esters is 1. The normalized spacial score (nSPS) is 20.0. The molecule has 40 heavy (non-hydrogen) atoms. The number of hydrogen-bond acceptors (Lipinski definition) is 9. The molecular formula is C30H33N3O6S. The lowest BCUT2D eigenvalue weighted by Crippen LogP contribution is -2.39. The van der Waals surface area contributed by atoms with Crippen LogP contribution in [0, 0.1) is 0 Å². The van der Waals surface area contributed by atoms with E-state index in [1.54, 1.807) is 27.2 Å². The predicted molar refractivity (Wildman–Crippen MR) is 154 cm³/mol. The first-order valence-corrected chi connectivity index (χ1v) is 14.2. The predicted octanol–water partition coefficient (Wildman–Crippen LogP) is 4.66. The van der Waals surface area contributed by atoms with Gasteiger partial charge in [0.25, 0.3) is 0 Å². The molecule has 0 saturated carbocycles. The van der Waals surface area contributed by atoms with Gasteiger partial charge in [-0.15, -0.1) is 0 Å². The summed E-state index contributed by atoms with van der Waals surface area (Å²) in [7, 11) is 3.17. The van der Waals surface area contributed by atoms with Crippen LogP contribution in [0.15, 0.2) is 70.2 Å². The van der Waals surface area contributed by atoms with Crippen LogP contribution in [-0.4, -0.2) is 62.0 Å². The highest BCUT2D eigenvalue weighted by molar-refractivity contribution is 8.16. The quantitative estimate of drug-likeness (QED) is 0.417. The molecule has 5 rings (SSSR count). The molecule has 0 aliphatic carbocycles. The van der Waals surface area contributed by atoms with Crippen molar-refractivity contribution in [3.8, 4) is 11.5 Å². The second-order valence-electron chi connectivity index (χ2n) is 9.50. The smallest absolute Gasteiger partial charge is 0.338 e. The van der Waals surface area contributed by atoms with Gasteiger partial charge in [0.2, 0.25) is 5.91 Å². The minimum Gasteiger partial charge on any atom is -0.497 e. The summed E-state index contributed by atoms with van der Waals surface area (Å²) in [5.74, 6) is 0.556. The maximum absolute atomic E-state index is 13.7. The molecule has 3 heterocycles. The van der Waals surface area contributed by atoms with Crippen LogP contribution in [0.4, 0.5) is 0 Å². The van der Waals surface area contributed by atoms with Crippen molar-refractivity contribution in [1.82, 2.24) is 10.2 Å². The second kappa shape index (κ2) is 12.6. The third-order valence-corrected chi connectivity index (χ3v) is 7.82. The lowest BCUT2D eigenvalue weighted by molar-refractivity contribution is -0.139. The first kappa shape index (κ1) is 27.8. The van der Waals surface area contributed by atoms with Crippen LogP contribution in [0.25, 0.3) is 5.70 Å². The number of rotatable bonds is 10. The molecule has 0 spiro atoms. The van der Waals surface area contributed by atoms with Crippen molar-refractivity contribution in [2.45, 2.75) is 38.3 Å². The summed E-state index contributed by atoms with van der Waals surface area (Å²) in [6.45, 7) is 3.19. The molecule has 1 saturated heterocycles. The fourth-order valence-corrected chi connectivity index (χ4v) is 5.97. The number of carbonyl (C=O) groups excluding carboxylic acids is 2. The zero-order valence-corrected chi connectivity index (χ0v) is 23.7. The molecule has 9 nitrogen and oxygen atoms in total. The van der Waals surface area contributed by atoms with E-state index in [4.69, 9.17) is 23.9 Å². The van der Waals surface area contributed by atoms with Gasteiger partial charge in [-0.1, -0.05) is 42.1 Å².